The molecule has 1 N–H and O–H groups in total. The van der Waals surface area contributed by atoms with Gasteiger partial charge in [0.2, 0.25) is 5.91 Å². The molecule has 0 aliphatic heterocycles. The fourth-order valence-electron chi connectivity index (χ4n) is 1.66. The maximum absolute atomic E-state index is 10.9. The van der Waals surface area contributed by atoms with Gasteiger partial charge in [0.05, 0.1) is 0 Å². The van der Waals surface area contributed by atoms with E-state index in [1.54, 1.807) is 0 Å². The molecule has 2 nitrogen and oxygen atoms in total. The van der Waals surface area contributed by atoms with E-state index in [0.29, 0.717) is 6.04 Å². The Morgan fingerprint density at radius 3 is 2.20 bits per heavy atom. The van der Waals surface area contributed by atoms with E-state index in [-0.39, 0.29) is 5.91 Å². The number of amides is 1. The van der Waals surface area contributed by atoms with E-state index in [1.165, 1.54) is 25.3 Å². The van der Waals surface area contributed by atoms with Gasteiger partial charge in [-0.25, -0.2) is 0 Å². The van der Waals surface area contributed by atoms with Crippen LogP contribution in [0.15, 0.2) is 12.7 Å². The monoisotopic (exact) mass is 211 g/mol. The van der Waals surface area contributed by atoms with Crippen molar-refractivity contribution in [3.63, 3.8) is 0 Å². The second kappa shape index (κ2) is 8.51. The Balaban J connectivity index is 0.000000583. The lowest BCUT2D eigenvalue weighted by Crippen LogP contribution is -2.36. The maximum atomic E-state index is 10.9. The predicted molar refractivity (Wildman–Crippen MR) is 65.7 cm³/mol. The van der Waals surface area contributed by atoms with Crippen molar-refractivity contribution in [1.29, 1.82) is 0 Å². The zero-order valence-corrected chi connectivity index (χ0v) is 10.4. The molecule has 1 saturated carbocycles. The summed E-state index contributed by atoms with van der Waals surface area (Å²) in [6, 6.07) is 0.395. The first kappa shape index (κ1) is 14.2. The van der Waals surface area contributed by atoms with Crippen LogP contribution in [-0.4, -0.2) is 11.9 Å². The van der Waals surface area contributed by atoms with Gasteiger partial charge in [0.25, 0.3) is 0 Å². The number of hydrogen-bond acceptors (Lipinski definition) is 1. The molecule has 0 atom stereocenters. The molecule has 0 heterocycles. The molecule has 1 aliphatic carbocycles. The van der Waals surface area contributed by atoms with Crippen LogP contribution in [-0.2, 0) is 4.79 Å². The van der Waals surface area contributed by atoms with Crippen LogP contribution in [0.3, 0.4) is 0 Å². The largest absolute Gasteiger partial charge is 0.350 e. The summed E-state index contributed by atoms with van der Waals surface area (Å²) in [5, 5.41) is 2.93. The van der Waals surface area contributed by atoms with E-state index in [2.05, 4.69) is 32.7 Å². The van der Waals surface area contributed by atoms with Crippen LogP contribution in [0.5, 0.6) is 0 Å². The molecule has 0 radical (unpaired) electrons. The van der Waals surface area contributed by atoms with Gasteiger partial charge in [-0.15, -0.1) is 0 Å². The highest BCUT2D eigenvalue weighted by Gasteiger charge is 2.18. The van der Waals surface area contributed by atoms with Crippen molar-refractivity contribution < 1.29 is 4.79 Å². The van der Waals surface area contributed by atoms with Crippen LogP contribution in [0.1, 0.15) is 52.9 Å². The molecule has 15 heavy (non-hydrogen) atoms. The molecule has 1 amide bonds. The Bertz CT molecular complexity index is 181. The third-order valence-corrected chi connectivity index (χ3v) is 2.55. The zero-order valence-electron chi connectivity index (χ0n) is 10.4. The van der Waals surface area contributed by atoms with Crippen molar-refractivity contribution in [3.8, 4) is 0 Å². The first-order chi connectivity index (χ1) is 7.13. The van der Waals surface area contributed by atoms with Gasteiger partial charge in [0.15, 0.2) is 0 Å². The van der Waals surface area contributed by atoms with E-state index in [1.807, 2.05) is 0 Å². The lowest BCUT2D eigenvalue weighted by Gasteiger charge is -2.26. The van der Waals surface area contributed by atoms with Gasteiger partial charge in [-0.1, -0.05) is 33.8 Å². The lowest BCUT2D eigenvalue weighted by atomic mass is 9.87. The molecule has 0 saturated heterocycles. The molecule has 1 fully saturated rings. The summed E-state index contributed by atoms with van der Waals surface area (Å²) < 4.78 is 0. The van der Waals surface area contributed by atoms with Gasteiger partial charge in [-0.3, -0.25) is 4.79 Å². The van der Waals surface area contributed by atoms with Crippen LogP contribution in [0.25, 0.3) is 0 Å². The number of nitrogens with one attached hydrogen (secondary N) is 1. The molecule has 88 valence electrons. The normalized spacial score (nSPS) is 24.7. The van der Waals surface area contributed by atoms with Crippen molar-refractivity contribution >= 4 is 5.91 Å². The minimum Gasteiger partial charge on any atom is -0.350 e. The van der Waals surface area contributed by atoms with Crippen molar-refractivity contribution in [3.05, 3.63) is 12.7 Å². The number of carbonyl (C=O) groups is 1. The fourth-order valence-corrected chi connectivity index (χ4v) is 1.66. The molecular formula is C13H25NO. The molecule has 0 unspecified atom stereocenters. The highest BCUT2D eigenvalue weighted by Crippen LogP contribution is 2.23. The molecule has 1 rings (SSSR count). The van der Waals surface area contributed by atoms with E-state index in [4.69, 9.17) is 0 Å². The number of carbonyl (C=O) groups excluding carboxylic acids is 1. The maximum Gasteiger partial charge on any atom is 0.243 e. The third kappa shape index (κ3) is 7.18. The first-order valence-corrected chi connectivity index (χ1v) is 6.06. The van der Waals surface area contributed by atoms with Crippen LogP contribution in [0.4, 0.5) is 0 Å². The Hall–Kier alpha value is -0.790. The summed E-state index contributed by atoms with van der Waals surface area (Å²) in [4.78, 5) is 10.9. The van der Waals surface area contributed by atoms with E-state index in [0.717, 1.165) is 18.8 Å². The highest BCUT2D eigenvalue weighted by atomic mass is 16.1. The van der Waals surface area contributed by atoms with Gasteiger partial charge in [-0.2, -0.15) is 0 Å². The Morgan fingerprint density at radius 2 is 1.80 bits per heavy atom. The number of hydrogen-bond donors (Lipinski definition) is 1. The van der Waals surface area contributed by atoms with Gasteiger partial charge in [0, 0.05) is 6.04 Å². The number of rotatable bonds is 2. The summed E-state index contributed by atoms with van der Waals surface area (Å²) in [5.41, 5.74) is 0. The smallest absolute Gasteiger partial charge is 0.243 e. The van der Waals surface area contributed by atoms with Crippen LogP contribution in [0, 0.1) is 5.92 Å². The molecule has 0 aromatic rings. The fraction of sp³-hybridized carbons (Fsp3) is 0.769. The average molecular weight is 211 g/mol. The molecule has 0 bridgehead atoms. The molecule has 2 heteroatoms. The van der Waals surface area contributed by atoms with Crippen LogP contribution < -0.4 is 5.32 Å². The zero-order chi connectivity index (χ0) is 11.7. The van der Waals surface area contributed by atoms with Crippen molar-refractivity contribution in [2.45, 2.75) is 58.9 Å². The Labute approximate surface area is 94.1 Å². The minimum absolute atomic E-state index is 0.0328. The SMILES string of the molecule is C=CC(=O)NC1CCC(C)CC1.CCC. The highest BCUT2D eigenvalue weighted by molar-refractivity contribution is 5.87. The molecule has 0 aromatic heterocycles. The van der Waals surface area contributed by atoms with Crippen molar-refractivity contribution in [1.82, 2.24) is 5.32 Å². The molecular weight excluding hydrogens is 186 g/mol. The first-order valence-electron chi connectivity index (χ1n) is 6.06. The van der Waals surface area contributed by atoms with E-state index >= 15 is 0 Å². The average Bonchev–Trinajstić information content (AvgIpc) is 2.22. The molecule has 0 aromatic carbocycles. The summed E-state index contributed by atoms with van der Waals surface area (Å²) in [6.45, 7) is 9.95. The van der Waals surface area contributed by atoms with Gasteiger partial charge >= 0.3 is 0 Å². The Morgan fingerprint density at radius 1 is 1.33 bits per heavy atom. The standard InChI is InChI=1S/C10H17NO.C3H8/c1-3-10(12)11-9-6-4-8(2)5-7-9;1-3-2/h3,8-9H,1,4-7H2,2H3,(H,11,12);3H2,1-2H3. The van der Waals surface area contributed by atoms with E-state index in [9.17, 15) is 4.79 Å². The second-order valence-corrected chi connectivity index (χ2v) is 4.38. The summed E-state index contributed by atoms with van der Waals surface area (Å²) in [5.74, 6) is 0.802. The third-order valence-electron chi connectivity index (χ3n) is 2.55. The van der Waals surface area contributed by atoms with E-state index < -0.39 is 0 Å². The van der Waals surface area contributed by atoms with Crippen LogP contribution in [0.2, 0.25) is 0 Å². The topological polar surface area (TPSA) is 29.1 Å². The molecule has 0 spiro atoms. The van der Waals surface area contributed by atoms with Crippen LogP contribution >= 0.6 is 0 Å². The quantitative estimate of drug-likeness (QED) is 0.698. The predicted octanol–water partition coefficient (Wildman–Crippen LogP) is 3.28. The van der Waals surface area contributed by atoms with Gasteiger partial charge in [0.1, 0.15) is 0 Å². The second-order valence-electron chi connectivity index (χ2n) is 4.38. The Kier molecular flexibility index (Phi) is 8.06. The minimum atomic E-state index is -0.0328. The van der Waals surface area contributed by atoms with Gasteiger partial charge in [-0.05, 0) is 37.7 Å². The summed E-state index contributed by atoms with van der Waals surface area (Å²) in [7, 11) is 0. The molecule has 1 aliphatic rings. The lowest BCUT2D eigenvalue weighted by molar-refractivity contribution is -0.117. The van der Waals surface area contributed by atoms with Crippen molar-refractivity contribution in [2.75, 3.05) is 0 Å². The summed E-state index contributed by atoms with van der Waals surface area (Å²) >= 11 is 0. The summed E-state index contributed by atoms with van der Waals surface area (Å²) in [6.07, 6.45) is 7.32. The van der Waals surface area contributed by atoms with Gasteiger partial charge < -0.3 is 5.32 Å². The van der Waals surface area contributed by atoms with Crippen molar-refractivity contribution in [2.24, 2.45) is 5.92 Å².